The molecule has 39 heavy (non-hydrogen) atoms. The topological polar surface area (TPSA) is 69.0 Å². The van der Waals surface area contributed by atoms with E-state index >= 15 is 0 Å². The van der Waals surface area contributed by atoms with Gasteiger partial charge in [-0.25, -0.2) is 0 Å². The van der Waals surface area contributed by atoms with Gasteiger partial charge in [0.2, 0.25) is 5.91 Å². The fourth-order valence-corrected chi connectivity index (χ4v) is 6.08. The maximum atomic E-state index is 13.3. The van der Waals surface area contributed by atoms with Crippen molar-refractivity contribution in [2.24, 2.45) is 11.8 Å². The van der Waals surface area contributed by atoms with Crippen LogP contribution in [0.4, 0.5) is 5.69 Å². The maximum Gasteiger partial charge on any atom is 0.225 e. The van der Waals surface area contributed by atoms with Crippen LogP contribution in [0.25, 0.3) is 0 Å². The summed E-state index contributed by atoms with van der Waals surface area (Å²) >= 11 is 0. The van der Waals surface area contributed by atoms with E-state index in [1.165, 1.54) is 37.7 Å². The Morgan fingerprint density at radius 1 is 1.08 bits per heavy atom. The Bertz CT molecular complexity index is 1240. The van der Waals surface area contributed by atoms with Gasteiger partial charge in [0.25, 0.3) is 0 Å². The minimum Gasteiger partial charge on any atom is -0.377 e. The third kappa shape index (κ3) is 7.16. The molecule has 1 atom stereocenters. The summed E-state index contributed by atoms with van der Waals surface area (Å²) in [6.45, 7) is 9.88. The van der Waals surface area contributed by atoms with E-state index in [4.69, 9.17) is 14.9 Å². The Morgan fingerprint density at radius 2 is 1.85 bits per heavy atom. The number of aromatic nitrogens is 3. The summed E-state index contributed by atoms with van der Waals surface area (Å²) in [4.78, 5) is 13.3. The zero-order valence-electron chi connectivity index (χ0n) is 24.0. The summed E-state index contributed by atoms with van der Waals surface area (Å²) in [5.74, 6) is 4.13. The number of carbonyl (C=O) groups excluding carboxylic acids is 1. The van der Waals surface area contributed by atoms with E-state index in [0.29, 0.717) is 31.6 Å². The lowest BCUT2D eigenvalue weighted by atomic mass is 9.71. The maximum absolute atomic E-state index is 13.3. The standard InChI is InChI=1S/C33H44N4O2/c1-22(2)16-26-18-28(19-26)33-36-35-32(37(33)29-11-12-29)27(14-15-39-21-25-8-6-5-7-9-25)20-31(38)34-30-13-10-23(3)17-24(30)4/h5-10,13,17,22,26-29H,11-12,14-16,18-21H2,1-4H3,(H,34,38)/t26-,27-,28+/m0/s1. The second kappa shape index (κ2) is 12.5. The number of ether oxygens (including phenoxy) is 1. The van der Waals surface area contributed by atoms with Crippen LogP contribution in [0.5, 0.6) is 0 Å². The van der Waals surface area contributed by atoms with Crippen LogP contribution in [0.2, 0.25) is 0 Å². The normalized spacial score (nSPS) is 19.6. The van der Waals surface area contributed by atoms with Crippen molar-refractivity contribution in [1.29, 1.82) is 0 Å². The van der Waals surface area contributed by atoms with Gasteiger partial charge < -0.3 is 14.6 Å². The molecule has 2 aliphatic carbocycles. The lowest BCUT2D eigenvalue weighted by molar-refractivity contribution is -0.116. The number of benzene rings is 2. The van der Waals surface area contributed by atoms with Crippen molar-refractivity contribution >= 4 is 11.6 Å². The number of nitrogens with one attached hydrogen (secondary N) is 1. The Kier molecular flexibility index (Phi) is 8.81. The molecule has 0 saturated heterocycles. The molecule has 0 radical (unpaired) electrons. The molecule has 2 aromatic carbocycles. The van der Waals surface area contributed by atoms with E-state index < -0.39 is 0 Å². The third-order valence-corrected chi connectivity index (χ3v) is 8.24. The van der Waals surface area contributed by atoms with Crippen molar-refractivity contribution in [3.8, 4) is 0 Å². The predicted octanol–water partition coefficient (Wildman–Crippen LogP) is 7.49. The third-order valence-electron chi connectivity index (χ3n) is 8.24. The average Bonchev–Trinajstić information content (AvgIpc) is 3.63. The van der Waals surface area contributed by atoms with Crippen molar-refractivity contribution in [1.82, 2.24) is 14.8 Å². The van der Waals surface area contributed by atoms with Crippen LogP contribution in [-0.2, 0) is 16.1 Å². The van der Waals surface area contributed by atoms with E-state index in [0.717, 1.165) is 46.7 Å². The highest BCUT2D eigenvalue weighted by Crippen LogP contribution is 2.48. The van der Waals surface area contributed by atoms with Crippen LogP contribution < -0.4 is 5.32 Å². The van der Waals surface area contributed by atoms with Gasteiger partial charge in [-0.2, -0.15) is 0 Å². The van der Waals surface area contributed by atoms with Gasteiger partial charge in [-0.3, -0.25) is 4.79 Å². The number of anilines is 1. The summed E-state index contributed by atoms with van der Waals surface area (Å²) in [5.41, 5.74) is 4.30. The van der Waals surface area contributed by atoms with Gasteiger partial charge in [-0.1, -0.05) is 61.9 Å². The van der Waals surface area contributed by atoms with E-state index in [9.17, 15) is 4.79 Å². The highest BCUT2D eigenvalue weighted by Gasteiger charge is 2.39. The molecule has 1 aromatic heterocycles. The van der Waals surface area contributed by atoms with Gasteiger partial charge >= 0.3 is 0 Å². The predicted molar refractivity (Wildman–Crippen MR) is 156 cm³/mol. The minimum absolute atomic E-state index is 0.0163. The fraction of sp³-hybridized carbons (Fsp3) is 0.545. The van der Waals surface area contributed by atoms with Gasteiger partial charge in [0.05, 0.1) is 6.61 Å². The van der Waals surface area contributed by atoms with Crippen molar-refractivity contribution in [2.75, 3.05) is 11.9 Å². The zero-order valence-corrected chi connectivity index (χ0v) is 24.0. The summed E-state index contributed by atoms with van der Waals surface area (Å²) in [6.07, 6.45) is 7.16. The molecule has 6 nitrogen and oxygen atoms in total. The highest BCUT2D eigenvalue weighted by atomic mass is 16.5. The molecule has 0 bridgehead atoms. The molecule has 0 unspecified atom stereocenters. The van der Waals surface area contributed by atoms with Gasteiger partial charge in [0.15, 0.2) is 0 Å². The molecule has 208 valence electrons. The second-order valence-corrected chi connectivity index (χ2v) is 12.3. The molecular formula is C33H44N4O2. The molecule has 0 aliphatic heterocycles. The van der Waals surface area contributed by atoms with Crippen molar-refractivity contribution in [3.05, 3.63) is 76.9 Å². The monoisotopic (exact) mass is 528 g/mol. The number of nitrogens with zero attached hydrogens (tertiary/aromatic N) is 3. The number of rotatable bonds is 13. The van der Waals surface area contributed by atoms with E-state index in [1.54, 1.807) is 0 Å². The molecule has 1 amide bonds. The largest absolute Gasteiger partial charge is 0.377 e. The Morgan fingerprint density at radius 3 is 2.54 bits per heavy atom. The number of hydrogen-bond donors (Lipinski definition) is 1. The molecule has 2 saturated carbocycles. The Labute approximate surface area is 233 Å². The molecular weight excluding hydrogens is 484 g/mol. The number of aryl methyl sites for hydroxylation is 2. The summed E-state index contributed by atoms with van der Waals surface area (Å²) in [6, 6.07) is 16.9. The van der Waals surface area contributed by atoms with Crippen LogP contribution in [0.15, 0.2) is 48.5 Å². The number of amides is 1. The van der Waals surface area contributed by atoms with Crippen LogP contribution >= 0.6 is 0 Å². The second-order valence-electron chi connectivity index (χ2n) is 12.3. The van der Waals surface area contributed by atoms with E-state index in [2.05, 4.69) is 48.9 Å². The molecule has 2 aliphatic rings. The lowest BCUT2D eigenvalue weighted by Crippen LogP contribution is -2.26. The number of carbonyl (C=O) groups is 1. The molecule has 6 heteroatoms. The van der Waals surface area contributed by atoms with Crippen molar-refractivity contribution < 1.29 is 9.53 Å². The molecule has 1 N–H and O–H groups in total. The van der Waals surface area contributed by atoms with E-state index in [-0.39, 0.29) is 11.8 Å². The first-order valence-electron chi connectivity index (χ1n) is 14.8. The quantitative estimate of drug-likeness (QED) is 0.233. The number of hydrogen-bond acceptors (Lipinski definition) is 4. The van der Waals surface area contributed by atoms with Crippen LogP contribution in [0.1, 0.15) is 105 Å². The van der Waals surface area contributed by atoms with Crippen LogP contribution in [0.3, 0.4) is 0 Å². The molecule has 1 heterocycles. The average molecular weight is 529 g/mol. The zero-order chi connectivity index (χ0) is 27.4. The Balaban J connectivity index is 1.31. The SMILES string of the molecule is Cc1ccc(NC(=O)C[C@H](CCOCc2ccccc2)c2nnc([C@H]3C[C@@H](CC(C)C)C3)n2C2CC2)c(C)c1. The minimum atomic E-state index is -0.0417. The van der Waals surface area contributed by atoms with E-state index in [1.807, 2.05) is 37.3 Å². The Hall–Kier alpha value is -2.99. The highest BCUT2D eigenvalue weighted by molar-refractivity contribution is 5.92. The van der Waals surface area contributed by atoms with Crippen molar-refractivity contribution in [2.45, 2.75) is 97.1 Å². The van der Waals surface area contributed by atoms with Crippen LogP contribution in [0, 0.1) is 25.7 Å². The molecule has 2 fully saturated rings. The summed E-state index contributed by atoms with van der Waals surface area (Å²) in [7, 11) is 0. The first-order chi connectivity index (χ1) is 18.9. The summed E-state index contributed by atoms with van der Waals surface area (Å²) < 4.78 is 8.49. The van der Waals surface area contributed by atoms with Crippen LogP contribution in [-0.4, -0.2) is 27.3 Å². The van der Waals surface area contributed by atoms with Crippen molar-refractivity contribution in [3.63, 3.8) is 0 Å². The fourth-order valence-electron chi connectivity index (χ4n) is 6.08. The summed E-state index contributed by atoms with van der Waals surface area (Å²) in [5, 5.41) is 12.7. The smallest absolute Gasteiger partial charge is 0.225 e. The van der Waals surface area contributed by atoms with Gasteiger partial charge in [0, 0.05) is 36.6 Å². The molecule has 3 aromatic rings. The first kappa shape index (κ1) is 27.6. The van der Waals surface area contributed by atoms with Gasteiger partial charge in [-0.15, -0.1) is 10.2 Å². The molecule has 0 spiro atoms. The first-order valence-corrected chi connectivity index (χ1v) is 14.8. The lowest BCUT2D eigenvalue weighted by Gasteiger charge is -2.36. The molecule has 5 rings (SSSR count). The van der Waals surface area contributed by atoms with Gasteiger partial charge in [-0.05, 0) is 81.4 Å². The van der Waals surface area contributed by atoms with Gasteiger partial charge in [0.1, 0.15) is 11.6 Å².